The lowest BCUT2D eigenvalue weighted by Crippen LogP contribution is -2.35. The van der Waals surface area contributed by atoms with Gasteiger partial charge in [-0.1, -0.05) is 6.58 Å². The molecule has 0 aromatic rings. The van der Waals surface area contributed by atoms with Crippen molar-refractivity contribution in [2.75, 3.05) is 45.6 Å². The molecule has 0 bridgehead atoms. The maximum Gasteiger partial charge on any atom is 0.333 e. The van der Waals surface area contributed by atoms with Crippen LogP contribution in [-0.2, 0) is 19.6 Å². The van der Waals surface area contributed by atoms with Gasteiger partial charge >= 0.3 is 5.97 Å². The summed E-state index contributed by atoms with van der Waals surface area (Å²) in [4.78, 5) is 11.0. The summed E-state index contributed by atoms with van der Waals surface area (Å²) in [6.07, 6.45) is 1.13. The predicted molar refractivity (Wildman–Crippen MR) is 74.4 cm³/mol. The highest BCUT2D eigenvalue weighted by molar-refractivity contribution is 7.88. The van der Waals surface area contributed by atoms with Crippen LogP contribution in [0.4, 0.5) is 0 Å². The number of carbonyl (C=O) groups excluding carboxylic acids is 1. The Kier molecular flexibility index (Phi) is 9.40. The fourth-order valence-electron chi connectivity index (χ4n) is 1.09. The summed E-state index contributed by atoms with van der Waals surface area (Å²) in [5, 5.41) is 6.14. The molecular formula is C11H23N3O4S. The van der Waals surface area contributed by atoms with Gasteiger partial charge in [0.05, 0.1) is 6.26 Å². The Morgan fingerprint density at radius 3 is 2.16 bits per heavy atom. The van der Waals surface area contributed by atoms with E-state index < -0.39 is 10.0 Å². The van der Waals surface area contributed by atoms with Crippen LogP contribution in [0.3, 0.4) is 0 Å². The summed E-state index contributed by atoms with van der Waals surface area (Å²) in [6, 6.07) is 0. The Morgan fingerprint density at radius 1 is 1.11 bits per heavy atom. The first-order valence-electron chi connectivity index (χ1n) is 6.01. The zero-order chi connectivity index (χ0) is 14.7. The predicted octanol–water partition coefficient (Wildman–Crippen LogP) is -1.17. The first kappa shape index (κ1) is 18.0. The first-order valence-corrected chi connectivity index (χ1v) is 7.91. The van der Waals surface area contributed by atoms with Crippen molar-refractivity contribution in [1.29, 1.82) is 0 Å². The average Bonchev–Trinajstić information content (AvgIpc) is 2.29. The highest BCUT2D eigenvalue weighted by atomic mass is 32.2. The lowest BCUT2D eigenvalue weighted by atomic mass is 10.4. The van der Waals surface area contributed by atoms with E-state index in [1.807, 2.05) is 0 Å². The molecule has 0 heterocycles. The minimum atomic E-state index is -3.11. The molecule has 0 aromatic heterocycles. The minimum absolute atomic E-state index is 0.307. The number of hydrogen-bond acceptors (Lipinski definition) is 6. The molecule has 3 N–H and O–H groups in total. The van der Waals surface area contributed by atoms with Gasteiger partial charge in [-0.2, -0.15) is 0 Å². The Balaban J connectivity index is 3.24. The number of ether oxygens (including phenoxy) is 1. The van der Waals surface area contributed by atoms with E-state index in [0.717, 1.165) is 6.26 Å². The largest absolute Gasteiger partial charge is 0.461 e. The molecular weight excluding hydrogens is 270 g/mol. The Labute approximate surface area is 114 Å². The van der Waals surface area contributed by atoms with Crippen LogP contribution >= 0.6 is 0 Å². The van der Waals surface area contributed by atoms with Gasteiger partial charge in [0.15, 0.2) is 0 Å². The lowest BCUT2D eigenvalue weighted by Gasteiger charge is -2.07. The van der Waals surface area contributed by atoms with Gasteiger partial charge in [-0.05, 0) is 6.92 Å². The SMILES string of the molecule is C=C(C)C(=O)OCCNCCNCCNS(C)(=O)=O. The number of nitrogens with one attached hydrogen (secondary N) is 3. The number of sulfonamides is 1. The van der Waals surface area contributed by atoms with Crippen LogP contribution < -0.4 is 15.4 Å². The van der Waals surface area contributed by atoms with Crippen molar-refractivity contribution in [1.82, 2.24) is 15.4 Å². The summed E-state index contributed by atoms with van der Waals surface area (Å²) < 4.78 is 28.8. The zero-order valence-electron chi connectivity index (χ0n) is 11.5. The molecule has 0 aromatic carbocycles. The first-order chi connectivity index (χ1) is 8.83. The number of carbonyl (C=O) groups is 1. The van der Waals surface area contributed by atoms with Gasteiger partial charge in [-0.3, -0.25) is 0 Å². The van der Waals surface area contributed by atoms with Crippen LogP contribution in [0, 0.1) is 0 Å². The molecule has 0 aliphatic rings. The lowest BCUT2D eigenvalue weighted by molar-refractivity contribution is -0.138. The third-order valence-corrected chi connectivity index (χ3v) is 2.73. The van der Waals surface area contributed by atoms with Gasteiger partial charge in [0.1, 0.15) is 6.61 Å². The maximum atomic E-state index is 11.0. The van der Waals surface area contributed by atoms with Gasteiger partial charge in [-0.15, -0.1) is 0 Å². The van der Waals surface area contributed by atoms with Crippen LogP contribution in [0.5, 0.6) is 0 Å². The Bertz CT molecular complexity index is 381. The number of esters is 1. The Hall–Kier alpha value is -0.960. The molecule has 112 valence electrons. The summed E-state index contributed by atoms with van der Waals surface area (Å²) in [5.41, 5.74) is 0.389. The highest BCUT2D eigenvalue weighted by Crippen LogP contribution is 1.90. The van der Waals surface area contributed by atoms with Gasteiger partial charge in [0, 0.05) is 38.3 Å². The molecule has 0 rings (SSSR count). The van der Waals surface area contributed by atoms with E-state index in [9.17, 15) is 13.2 Å². The molecule has 0 saturated heterocycles. The van der Waals surface area contributed by atoms with Crippen molar-refractivity contribution in [2.45, 2.75) is 6.92 Å². The molecule has 7 nitrogen and oxygen atoms in total. The summed E-state index contributed by atoms with van der Waals surface area (Å²) in [7, 11) is -3.11. The molecule has 0 atom stereocenters. The van der Waals surface area contributed by atoms with Crippen LogP contribution in [-0.4, -0.2) is 60.0 Å². The highest BCUT2D eigenvalue weighted by Gasteiger charge is 2.01. The van der Waals surface area contributed by atoms with E-state index in [-0.39, 0.29) is 5.97 Å². The monoisotopic (exact) mass is 293 g/mol. The second-order valence-corrected chi connectivity index (χ2v) is 5.92. The molecule has 19 heavy (non-hydrogen) atoms. The fourth-order valence-corrected chi connectivity index (χ4v) is 1.56. The third kappa shape index (κ3) is 13.3. The summed E-state index contributed by atoms with van der Waals surface area (Å²) in [5.74, 6) is -0.383. The molecule has 0 aliphatic heterocycles. The number of hydrogen-bond donors (Lipinski definition) is 3. The van der Waals surface area contributed by atoms with Crippen molar-refractivity contribution in [3.05, 3.63) is 12.2 Å². The second kappa shape index (κ2) is 9.90. The van der Waals surface area contributed by atoms with Crippen molar-refractivity contribution in [3.8, 4) is 0 Å². The van der Waals surface area contributed by atoms with Crippen LogP contribution in [0.25, 0.3) is 0 Å². The second-order valence-electron chi connectivity index (χ2n) is 4.08. The molecule has 0 unspecified atom stereocenters. The van der Waals surface area contributed by atoms with Crippen molar-refractivity contribution in [3.63, 3.8) is 0 Å². The molecule has 8 heteroatoms. The zero-order valence-corrected chi connectivity index (χ0v) is 12.3. The van der Waals surface area contributed by atoms with E-state index in [2.05, 4.69) is 21.9 Å². The smallest absolute Gasteiger partial charge is 0.333 e. The topological polar surface area (TPSA) is 96.5 Å². The van der Waals surface area contributed by atoms with Crippen molar-refractivity contribution in [2.24, 2.45) is 0 Å². The Morgan fingerprint density at radius 2 is 1.63 bits per heavy atom. The fraction of sp³-hybridized carbons (Fsp3) is 0.727. The molecule has 0 amide bonds. The average molecular weight is 293 g/mol. The standard InChI is InChI=1S/C11H23N3O4S/c1-10(2)11(15)18-9-8-13-5-4-12-6-7-14-19(3,16)17/h12-14H,1,4-9H2,2-3H3. The van der Waals surface area contributed by atoms with E-state index in [4.69, 9.17) is 4.74 Å². The van der Waals surface area contributed by atoms with Gasteiger partial charge in [0.2, 0.25) is 10.0 Å². The molecule has 0 radical (unpaired) electrons. The van der Waals surface area contributed by atoms with Crippen LogP contribution in [0.2, 0.25) is 0 Å². The van der Waals surface area contributed by atoms with E-state index in [0.29, 0.717) is 44.9 Å². The summed E-state index contributed by atoms with van der Waals surface area (Å²) in [6.45, 7) is 8.31. The van der Waals surface area contributed by atoms with Crippen LogP contribution in [0.1, 0.15) is 6.92 Å². The van der Waals surface area contributed by atoms with Gasteiger partial charge in [0.25, 0.3) is 0 Å². The number of rotatable bonds is 11. The minimum Gasteiger partial charge on any atom is -0.461 e. The quantitative estimate of drug-likeness (QED) is 0.252. The molecule has 0 saturated carbocycles. The van der Waals surface area contributed by atoms with Crippen LogP contribution in [0.15, 0.2) is 12.2 Å². The van der Waals surface area contributed by atoms with Crippen molar-refractivity contribution < 1.29 is 17.9 Å². The normalized spacial score (nSPS) is 11.3. The third-order valence-electron chi connectivity index (χ3n) is 2.01. The van der Waals surface area contributed by atoms with Crippen molar-refractivity contribution >= 4 is 16.0 Å². The van der Waals surface area contributed by atoms with E-state index >= 15 is 0 Å². The molecule has 0 spiro atoms. The van der Waals surface area contributed by atoms with Gasteiger partial charge < -0.3 is 15.4 Å². The van der Waals surface area contributed by atoms with Gasteiger partial charge in [-0.25, -0.2) is 17.9 Å². The van der Waals surface area contributed by atoms with E-state index in [1.165, 1.54) is 0 Å². The molecule has 0 fully saturated rings. The molecule has 0 aliphatic carbocycles. The summed E-state index contributed by atoms with van der Waals surface area (Å²) >= 11 is 0. The maximum absolute atomic E-state index is 11.0. The van der Waals surface area contributed by atoms with E-state index in [1.54, 1.807) is 6.92 Å².